The summed E-state index contributed by atoms with van der Waals surface area (Å²) >= 11 is 3.56. The van der Waals surface area contributed by atoms with Gasteiger partial charge in [0.1, 0.15) is 5.75 Å². The van der Waals surface area contributed by atoms with Crippen LogP contribution < -0.4 is 10.1 Å². The van der Waals surface area contributed by atoms with Crippen molar-refractivity contribution in [1.29, 1.82) is 0 Å². The molecule has 0 unspecified atom stereocenters. The van der Waals surface area contributed by atoms with Gasteiger partial charge in [-0.25, -0.2) is 9.59 Å². The molecule has 0 aliphatic heterocycles. The van der Waals surface area contributed by atoms with Gasteiger partial charge in [-0.1, -0.05) is 46.3 Å². The van der Waals surface area contributed by atoms with Crippen LogP contribution in [0.15, 0.2) is 53.0 Å². The van der Waals surface area contributed by atoms with Crippen molar-refractivity contribution >= 4 is 27.9 Å². The number of hydrogen-bond acceptors (Lipinski definition) is 4. The standard InChI is InChI=1S/C16H18BrNO.C2H2O4/c1-19-15-8-6-13(7-9-15)10-11-18-12-14-4-2-3-5-16(14)17;3-1(4)2(5)6/h2-9,18H,10-12H2,1H3;(H,3,4)(H,5,6). The summed E-state index contributed by atoms with van der Waals surface area (Å²) in [7, 11) is 1.69. The lowest BCUT2D eigenvalue weighted by Crippen LogP contribution is -2.16. The van der Waals surface area contributed by atoms with Gasteiger partial charge in [0.25, 0.3) is 0 Å². The summed E-state index contributed by atoms with van der Waals surface area (Å²) in [6.45, 7) is 1.85. The van der Waals surface area contributed by atoms with Gasteiger partial charge in [-0.15, -0.1) is 0 Å². The maximum atomic E-state index is 9.10. The van der Waals surface area contributed by atoms with Crippen LogP contribution >= 0.6 is 15.9 Å². The third-order valence-electron chi connectivity index (χ3n) is 3.21. The van der Waals surface area contributed by atoms with Gasteiger partial charge < -0.3 is 20.3 Å². The first kappa shape index (κ1) is 20.7. The summed E-state index contributed by atoms with van der Waals surface area (Å²) in [5.74, 6) is -2.74. The van der Waals surface area contributed by atoms with E-state index < -0.39 is 11.9 Å². The second-order valence-electron chi connectivity index (χ2n) is 4.98. The molecule has 0 fully saturated rings. The Labute approximate surface area is 154 Å². The van der Waals surface area contributed by atoms with E-state index in [0.717, 1.165) is 29.7 Å². The Morgan fingerprint density at radius 3 is 2.16 bits per heavy atom. The number of halogens is 1. The molecule has 7 heteroatoms. The number of methoxy groups -OCH3 is 1. The number of benzene rings is 2. The minimum atomic E-state index is -1.82. The first-order valence-electron chi connectivity index (χ1n) is 7.47. The van der Waals surface area contributed by atoms with Gasteiger partial charge in [0.05, 0.1) is 7.11 Å². The molecule has 0 saturated heterocycles. The highest BCUT2D eigenvalue weighted by atomic mass is 79.9. The van der Waals surface area contributed by atoms with Crippen LogP contribution in [-0.4, -0.2) is 35.8 Å². The second-order valence-corrected chi connectivity index (χ2v) is 5.83. The van der Waals surface area contributed by atoms with E-state index in [2.05, 4.69) is 51.6 Å². The average molecular weight is 410 g/mol. The molecular weight excluding hydrogens is 390 g/mol. The van der Waals surface area contributed by atoms with Crippen molar-refractivity contribution < 1.29 is 24.5 Å². The summed E-state index contributed by atoms with van der Waals surface area (Å²) in [6.07, 6.45) is 1.02. The summed E-state index contributed by atoms with van der Waals surface area (Å²) < 4.78 is 6.30. The Hall–Kier alpha value is -2.38. The SMILES string of the molecule is COc1ccc(CCNCc2ccccc2Br)cc1.O=C(O)C(=O)O. The van der Waals surface area contributed by atoms with Crippen molar-refractivity contribution in [2.24, 2.45) is 0 Å². The molecule has 0 aliphatic rings. The van der Waals surface area contributed by atoms with E-state index in [1.54, 1.807) is 7.11 Å². The Bertz CT molecular complexity index is 676. The quantitative estimate of drug-likeness (QED) is 0.501. The van der Waals surface area contributed by atoms with Crippen molar-refractivity contribution in [1.82, 2.24) is 5.32 Å². The van der Waals surface area contributed by atoms with E-state index in [1.165, 1.54) is 11.1 Å². The van der Waals surface area contributed by atoms with Crippen LogP contribution in [0.2, 0.25) is 0 Å². The van der Waals surface area contributed by atoms with E-state index in [4.69, 9.17) is 24.5 Å². The van der Waals surface area contributed by atoms with Gasteiger partial charge in [-0.3, -0.25) is 0 Å². The fourth-order valence-electron chi connectivity index (χ4n) is 1.89. The van der Waals surface area contributed by atoms with E-state index in [1.807, 2.05) is 18.2 Å². The third kappa shape index (κ3) is 8.32. The predicted molar refractivity (Wildman–Crippen MR) is 97.8 cm³/mol. The van der Waals surface area contributed by atoms with Gasteiger partial charge >= 0.3 is 11.9 Å². The molecule has 134 valence electrons. The highest BCUT2D eigenvalue weighted by Crippen LogP contribution is 2.15. The monoisotopic (exact) mass is 409 g/mol. The van der Waals surface area contributed by atoms with E-state index in [-0.39, 0.29) is 0 Å². The Morgan fingerprint density at radius 2 is 1.64 bits per heavy atom. The maximum absolute atomic E-state index is 9.10. The minimum Gasteiger partial charge on any atom is -0.497 e. The molecule has 0 aliphatic carbocycles. The molecule has 0 saturated carbocycles. The maximum Gasteiger partial charge on any atom is 0.414 e. The third-order valence-corrected chi connectivity index (χ3v) is 3.98. The van der Waals surface area contributed by atoms with Crippen LogP contribution in [0.1, 0.15) is 11.1 Å². The number of rotatable bonds is 6. The summed E-state index contributed by atoms with van der Waals surface area (Å²) in [4.78, 5) is 18.2. The number of carboxylic acid groups (broad SMARTS) is 2. The van der Waals surface area contributed by atoms with Crippen molar-refractivity contribution in [3.8, 4) is 5.75 Å². The Balaban J connectivity index is 0.000000450. The summed E-state index contributed by atoms with van der Waals surface area (Å²) in [5, 5.41) is 18.2. The van der Waals surface area contributed by atoms with Crippen molar-refractivity contribution in [2.75, 3.05) is 13.7 Å². The van der Waals surface area contributed by atoms with Crippen LogP contribution in [0, 0.1) is 0 Å². The smallest absolute Gasteiger partial charge is 0.414 e. The van der Waals surface area contributed by atoms with Crippen LogP contribution in [0.3, 0.4) is 0 Å². The van der Waals surface area contributed by atoms with E-state index in [0.29, 0.717) is 0 Å². The molecule has 0 amide bonds. The van der Waals surface area contributed by atoms with Gasteiger partial charge in [-0.2, -0.15) is 0 Å². The van der Waals surface area contributed by atoms with Gasteiger partial charge in [-0.05, 0) is 42.3 Å². The fraction of sp³-hybridized carbons (Fsp3) is 0.222. The molecule has 0 bridgehead atoms. The van der Waals surface area contributed by atoms with Gasteiger partial charge in [0.2, 0.25) is 0 Å². The van der Waals surface area contributed by atoms with Crippen molar-refractivity contribution in [2.45, 2.75) is 13.0 Å². The lowest BCUT2D eigenvalue weighted by atomic mass is 10.1. The van der Waals surface area contributed by atoms with Crippen LogP contribution in [0.25, 0.3) is 0 Å². The zero-order valence-electron chi connectivity index (χ0n) is 13.7. The normalized spacial score (nSPS) is 9.68. The molecule has 2 aromatic carbocycles. The van der Waals surface area contributed by atoms with Crippen LogP contribution in [0.4, 0.5) is 0 Å². The number of hydrogen-bond donors (Lipinski definition) is 3. The zero-order chi connectivity index (χ0) is 18.7. The lowest BCUT2D eigenvalue weighted by molar-refractivity contribution is -0.159. The van der Waals surface area contributed by atoms with Crippen molar-refractivity contribution in [3.05, 3.63) is 64.1 Å². The van der Waals surface area contributed by atoms with E-state index >= 15 is 0 Å². The first-order chi connectivity index (χ1) is 11.9. The number of carboxylic acids is 2. The molecule has 0 radical (unpaired) electrons. The Morgan fingerprint density at radius 1 is 1.04 bits per heavy atom. The molecule has 0 spiro atoms. The molecular formula is C18H20BrNO5. The first-order valence-corrected chi connectivity index (χ1v) is 8.26. The molecule has 3 N–H and O–H groups in total. The van der Waals surface area contributed by atoms with Gasteiger partial charge in [0.15, 0.2) is 0 Å². The number of ether oxygens (including phenoxy) is 1. The van der Waals surface area contributed by atoms with Crippen molar-refractivity contribution in [3.63, 3.8) is 0 Å². The molecule has 2 aromatic rings. The number of aliphatic carboxylic acids is 2. The fourth-order valence-corrected chi connectivity index (χ4v) is 2.31. The lowest BCUT2D eigenvalue weighted by Gasteiger charge is -2.07. The highest BCUT2D eigenvalue weighted by Gasteiger charge is 2.04. The molecule has 0 aromatic heterocycles. The summed E-state index contributed by atoms with van der Waals surface area (Å²) in [6, 6.07) is 16.5. The topological polar surface area (TPSA) is 95.9 Å². The predicted octanol–water partition coefficient (Wildman–Crippen LogP) is 2.95. The minimum absolute atomic E-state index is 0.886. The summed E-state index contributed by atoms with van der Waals surface area (Å²) in [5.41, 5.74) is 2.61. The largest absolute Gasteiger partial charge is 0.497 e. The molecule has 25 heavy (non-hydrogen) atoms. The van der Waals surface area contributed by atoms with Gasteiger partial charge in [0, 0.05) is 11.0 Å². The van der Waals surface area contributed by atoms with Crippen LogP contribution in [-0.2, 0) is 22.6 Å². The average Bonchev–Trinajstić information content (AvgIpc) is 2.61. The van der Waals surface area contributed by atoms with Crippen LogP contribution in [0.5, 0.6) is 5.75 Å². The van der Waals surface area contributed by atoms with E-state index in [9.17, 15) is 0 Å². The molecule has 6 nitrogen and oxygen atoms in total. The molecule has 0 atom stereocenters. The Kier molecular flexibility index (Phi) is 9.28. The number of nitrogens with one attached hydrogen (secondary N) is 1. The molecule has 0 heterocycles. The highest BCUT2D eigenvalue weighted by molar-refractivity contribution is 9.10. The second kappa shape index (κ2) is 11.2. The number of carbonyl (C=O) groups is 2. The zero-order valence-corrected chi connectivity index (χ0v) is 15.3. The molecule has 2 rings (SSSR count).